The van der Waals surface area contributed by atoms with Crippen LogP contribution in [0.1, 0.15) is 27.0 Å². The lowest BCUT2D eigenvalue weighted by Crippen LogP contribution is -1.94. The molecule has 0 aliphatic rings. The Hall–Kier alpha value is -2.79. The number of aromatic carboxylic acids is 1. The van der Waals surface area contributed by atoms with E-state index in [4.69, 9.17) is 9.52 Å². The number of aromatic nitrogens is 1. The molecular weight excluding hydrogens is 406 g/mol. The maximum absolute atomic E-state index is 11.0. The van der Waals surface area contributed by atoms with E-state index in [-0.39, 0.29) is 5.56 Å². The highest BCUT2D eigenvalue weighted by atomic mass is 79.9. The molecule has 2 N–H and O–H groups in total. The Bertz CT molecular complexity index is 1180. The molecule has 2 heterocycles. The minimum absolute atomic E-state index is 0.273. The first-order valence-corrected chi connectivity index (χ1v) is 9.38. The fourth-order valence-corrected chi connectivity index (χ4v) is 4.01. The van der Waals surface area contributed by atoms with Crippen LogP contribution in [0.25, 0.3) is 33.7 Å². The number of nitrogens with one attached hydrogen (secondary N) is 1. The van der Waals surface area contributed by atoms with Crippen LogP contribution >= 0.6 is 15.9 Å². The number of rotatable bonds is 3. The van der Waals surface area contributed by atoms with Crippen molar-refractivity contribution in [2.24, 2.45) is 0 Å². The van der Waals surface area contributed by atoms with Gasteiger partial charge in [0.25, 0.3) is 0 Å². The second-order valence-electron chi connectivity index (χ2n) is 6.73. The fourth-order valence-electron chi connectivity index (χ4n) is 3.47. The number of furan rings is 1. The molecule has 136 valence electrons. The smallest absolute Gasteiger partial charge is 0.335 e. The van der Waals surface area contributed by atoms with Gasteiger partial charge in [-0.25, -0.2) is 4.79 Å². The van der Waals surface area contributed by atoms with E-state index >= 15 is 0 Å². The highest BCUT2D eigenvalue weighted by Gasteiger charge is 2.18. The number of halogens is 1. The minimum Gasteiger partial charge on any atom is -0.478 e. The molecule has 4 rings (SSSR count). The largest absolute Gasteiger partial charge is 0.478 e. The summed E-state index contributed by atoms with van der Waals surface area (Å²) in [6.07, 6.45) is 0. The normalized spacial score (nSPS) is 11.3. The van der Waals surface area contributed by atoms with Gasteiger partial charge in [-0.15, -0.1) is 0 Å². The van der Waals surface area contributed by atoms with Crippen molar-refractivity contribution in [3.8, 4) is 22.7 Å². The summed E-state index contributed by atoms with van der Waals surface area (Å²) >= 11 is 3.63. The molecule has 0 amide bonds. The third-order valence-electron chi connectivity index (χ3n) is 4.95. The van der Waals surface area contributed by atoms with E-state index in [2.05, 4.69) is 40.8 Å². The lowest BCUT2D eigenvalue weighted by molar-refractivity contribution is 0.0697. The SMILES string of the molecule is Cc1cc(Br)c(C)c2c(C)c(-c3ccc(-c4ccc(C(=O)O)cc4)[nH]3)oc12. The van der Waals surface area contributed by atoms with E-state index in [0.717, 1.165) is 49.3 Å². The molecule has 4 nitrogen and oxygen atoms in total. The summed E-state index contributed by atoms with van der Waals surface area (Å²) in [5, 5.41) is 10.2. The summed E-state index contributed by atoms with van der Waals surface area (Å²) in [5.41, 5.74) is 7.27. The number of H-pyrrole nitrogens is 1. The van der Waals surface area contributed by atoms with E-state index in [1.165, 1.54) is 5.56 Å². The fraction of sp³-hybridized carbons (Fsp3) is 0.136. The standard InChI is InChI=1S/C22H18BrNO3/c1-11-10-16(23)12(2)19-13(3)21(27-20(11)19)18-9-8-17(24-18)14-4-6-15(7-5-14)22(25)26/h4-10,24H,1-3H3,(H,25,26). The molecule has 0 radical (unpaired) electrons. The maximum Gasteiger partial charge on any atom is 0.335 e. The Kier molecular flexibility index (Phi) is 4.19. The number of aryl methyl sites for hydroxylation is 3. The van der Waals surface area contributed by atoms with Crippen molar-refractivity contribution in [2.45, 2.75) is 20.8 Å². The molecule has 2 aromatic carbocycles. The third kappa shape index (κ3) is 2.88. The van der Waals surface area contributed by atoms with E-state index in [1.54, 1.807) is 24.3 Å². The molecule has 0 atom stereocenters. The zero-order chi connectivity index (χ0) is 19.3. The molecule has 0 spiro atoms. The minimum atomic E-state index is -0.927. The predicted molar refractivity (Wildman–Crippen MR) is 110 cm³/mol. The summed E-state index contributed by atoms with van der Waals surface area (Å²) in [6.45, 7) is 6.20. The lowest BCUT2D eigenvalue weighted by atomic mass is 10.0. The van der Waals surface area contributed by atoms with Gasteiger partial charge in [-0.2, -0.15) is 0 Å². The van der Waals surface area contributed by atoms with Gasteiger partial charge in [-0.1, -0.05) is 28.1 Å². The highest BCUT2D eigenvalue weighted by Crippen LogP contribution is 2.39. The maximum atomic E-state index is 11.0. The number of benzene rings is 2. The second kappa shape index (κ2) is 6.43. The molecule has 2 aromatic heterocycles. The van der Waals surface area contributed by atoms with Crippen LogP contribution in [0.2, 0.25) is 0 Å². The quantitative estimate of drug-likeness (QED) is 0.396. The van der Waals surface area contributed by atoms with Crippen molar-refractivity contribution in [3.05, 3.63) is 69.2 Å². The zero-order valence-electron chi connectivity index (χ0n) is 15.2. The highest BCUT2D eigenvalue weighted by molar-refractivity contribution is 9.10. The van der Waals surface area contributed by atoms with Crippen molar-refractivity contribution in [3.63, 3.8) is 0 Å². The van der Waals surface area contributed by atoms with Gasteiger partial charge in [0.05, 0.1) is 11.3 Å². The number of aromatic amines is 1. The Morgan fingerprint density at radius 2 is 1.67 bits per heavy atom. The van der Waals surface area contributed by atoms with Crippen molar-refractivity contribution >= 4 is 32.9 Å². The van der Waals surface area contributed by atoms with Gasteiger partial charge in [0.1, 0.15) is 5.58 Å². The Morgan fingerprint density at radius 3 is 2.33 bits per heavy atom. The van der Waals surface area contributed by atoms with Crippen LogP contribution in [0.4, 0.5) is 0 Å². The van der Waals surface area contributed by atoms with E-state index in [1.807, 2.05) is 19.1 Å². The number of hydrogen-bond acceptors (Lipinski definition) is 2. The van der Waals surface area contributed by atoms with Crippen molar-refractivity contribution in [1.29, 1.82) is 0 Å². The number of carbonyl (C=O) groups is 1. The van der Waals surface area contributed by atoms with E-state index in [0.29, 0.717) is 0 Å². The van der Waals surface area contributed by atoms with E-state index < -0.39 is 5.97 Å². The molecule has 5 heteroatoms. The van der Waals surface area contributed by atoms with Gasteiger partial charge >= 0.3 is 5.97 Å². The van der Waals surface area contributed by atoms with Crippen molar-refractivity contribution in [2.75, 3.05) is 0 Å². The molecule has 0 fully saturated rings. The summed E-state index contributed by atoms with van der Waals surface area (Å²) in [4.78, 5) is 14.4. The Balaban J connectivity index is 1.80. The first kappa shape index (κ1) is 17.6. The van der Waals surface area contributed by atoms with Crippen LogP contribution in [0, 0.1) is 20.8 Å². The van der Waals surface area contributed by atoms with Crippen molar-refractivity contribution < 1.29 is 14.3 Å². The molecule has 0 bridgehead atoms. The average molecular weight is 424 g/mol. The third-order valence-corrected chi connectivity index (χ3v) is 5.78. The van der Waals surface area contributed by atoms with Crippen molar-refractivity contribution in [1.82, 2.24) is 4.98 Å². The Morgan fingerprint density at radius 1 is 1.00 bits per heavy atom. The average Bonchev–Trinajstić information content (AvgIpc) is 3.25. The molecule has 27 heavy (non-hydrogen) atoms. The lowest BCUT2D eigenvalue weighted by Gasteiger charge is -2.02. The van der Waals surface area contributed by atoms with Gasteiger partial charge in [-0.3, -0.25) is 0 Å². The molecular formula is C22H18BrNO3. The first-order valence-electron chi connectivity index (χ1n) is 8.58. The van der Waals surface area contributed by atoms with Crippen LogP contribution in [0.5, 0.6) is 0 Å². The first-order chi connectivity index (χ1) is 12.9. The topological polar surface area (TPSA) is 66.2 Å². The Labute approximate surface area is 165 Å². The van der Waals surface area contributed by atoms with E-state index in [9.17, 15) is 4.79 Å². The van der Waals surface area contributed by atoms with Gasteiger partial charge in [0, 0.05) is 21.1 Å². The van der Waals surface area contributed by atoms with Gasteiger partial charge < -0.3 is 14.5 Å². The molecule has 0 saturated heterocycles. The van der Waals surface area contributed by atoms with Crippen LogP contribution in [-0.2, 0) is 0 Å². The number of carboxylic acid groups (broad SMARTS) is 1. The zero-order valence-corrected chi connectivity index (χ0v) is 16.8. The molecule has 0 aliphatic heterocycles. The van der Waals surface area contributed by atoms with Crippen LogP contribution < -0.4 is 0 Å². The van der Waals surface area contributed by atoms with Gasteiger partial charge in [0.2, 0.25) is 0 Å². The molecule has 0 saturated carbocycles. The van der Waals surface area contributed by atoms with Crippen LogP contribution in [0.3, 0.4) is 0 Å². The summed E-state index contributed by atoms with van der Waals surface area (Å²) < 4.78 is 7.30. The summed E-state index contributed by atoms with van der Waals surface area (Å²) in [6, 6.07) is 12.9. The van der Waals surface area contributed by atoms with Crippen LogP contribution in [0.15, 0.2) is 51.4 Å². The predicted octanol–water partition coefficient (Wildman–Crippen LogP) is 6.48. The number of carboxylic acids is 1. The summed E-state index contributed by atoms with van der Waals surface area (Å²) in [7, 11) is 0. The monoisotopic (exact) mass is 423 g/mol. The molecule has 0 unspecified atom stereocenters. The molecule has 4 aromatic rings. The number of fused-ring (bicyclic) bond motifs is 1. The van der Waals surface area contributed by atoms with Crippen LogP contribution in [-0.4, -0.2) is 16.1 Å². The number of hydrogen-bond donors (Lipinski definition) is 2. The second-order valence-corrected chi connectivity index (χ2v) is 7.58. The molecule has 0 aliphatic carbocycles. The van der Waals surface area contributed by atoms with Gasteiger partial charge in [0.15, 0.2) is 5.76 Å². The van der Waals surface area contributed by atoms with Gasteiger partial charge in [-0.05, 0) is 67.8 Å². The summed E-state index contributed by atoms with van der Waals surface area (Å²) in [5.74, 6) is -0.105.